The van der Waals surface area contributed by atoms with Crippen molar-refractivity contribution in [2.75, 3.05) is 23.7 Å². The first-order valence-corrected chi connectivity index (χ1v) is 20.1. The number of nitrogens with zero attached hydrogens (tertiary/aromatic N) is 2. The van der Waals surface area contributed by atoms with Crippen LogP contribution in [0.25, 0.3) is 0 Å². The van der Waals surface area contributed by atoms with Gasteiger partial charge in [0.05, 0.1) is 0 Å². The summed E-state index contributed by atoms with van der Waals surface area (Å²) in [5.74, 6) is 0.567. The molecule has 2 aromatic rings. The number of hydrogen-bond donors (Lipinski definition) is 2. The van der Waals surface area contributed by atoms with Crippen LogP contribution in [0.2, 0.25) is 0 Å². The van der Waals surface area contributed by atoms with Gasteiger partial charge in [-0.2, -0.15) is 9.13 Å². The Kier molecular flexibility index (Phi) is 23.1. The van der Waals surface area contributed by atoms with Crippen LogP contribution in [0.4, 0.5) is 11.4 Å². The van der Waals surface area contributed by atoms with Crippen LogP contribution in [0.5, 0.6) is 0 Å². The van der Waals surface area contributed by atoms with Gasteiger partial charge in [-0.1, -0.05) is 124 Å². The molecule has 44 heavy (non-hydrogen) atoms. The van der Waals surface area contributed by atoms with Crippen LogP contribution in [0.15, 0.2) is 49.1 Å². The molecule has 2 unspecified atom stereocenters. The van der Waals surface area contributed by atoms with Gasteiger partial charge < -0.3 is 10.6 Å². The third-order valence-corrected chi connectivity index (χ3v) is 10.5. The van der Waals surface area contributed by atoms with Gasteiger partial charge in [0.25, 0.3) is 0 Å². The number of hydrogen-bond acceptors (Lipinski definition) is 2. The summed E-state index contributed by atoms with van der Waals surface area (Å²) in [6.45, 7) is 9.06. The summed E-state index contributed by atoms with van der Waals surface area (Å²) in [6, 6.07) is 8.84. The zero-order valence-corrected chi connectivity index (χ0v) is 31.7. The van der Waals surface area contributed by atoms with E-state index in [0.717, 1.165) is 25.9 Å². The van der Waals surface area contributed by atoms with Gasteiger partial charge in [0.2, 0.25) is 9.90 Å². The fourth-order valence-electron chi connectivity index (χ4n) is 5.83. The first-order chi connectivity index (χ1) is 21.5. The van der Waals surface area contributed by atoms with E-state index in [4.69, 9.17) is 0 Å². The molecule has 6 heteroatoms. The van der Waals surface area contributed by atoms with Gasteiger partial charge in [0, 0.05) is 61.6 Å². The monoisotopic (exact) mass is 736 g/mol. The van der Waals surface area contributed by atoms with Crippen molar-refractivity contribution in [1.29, 1.82) is 0 Å². The number of halogens is 2. The number of aromatic nitrogens is 2. The second-order valence-corrected chi connectivity index (χ2v) is 15.1. The molecule has 2 N–H and O–H groups in total. The van der Waals surface area contributed by atoms with Crippen LogP contribution < -0.4 is 19.8 Å². The molecule has 2 aromatic heterocycles. The summed E-state index contributed by atoms with van der Waals surface area (Å²) >= 11 is 7.89. The minimum absolute atomic E-state index is 0.293. The molecular weight excluding hydrogens is 672 g/mol. The van der Waals surface area contributed by atoms with Crippen molar-refractivity contribution in [3.63, 3.8) is 0 Å². The first kappa shape index (κ1) is 39.0. The Morgan fingerprint density at radius 2 is 0.795 bits per heavy atom. The van der Waals surface area contributed by atoms with E-state index < -0.39 is 0 Å². The molecule has 0 aromatic carbocycles. The summed E-state index contributed by atoms with van der Waals surface area (Å²) in [5, 5.41) is 7.21. The molecule has 250 valence electrons. The van der Waals surface area contributed by atoms with Gasteiger partial charge in [0.15, 0.2) is 24.8 Å². The minimum atomic E-state index is 0.293. The average molecular weight is 739 g/mol. The number of nitrogens with one attached hydrogen (secondary N) is 2. The number of rotatable bonds is 28. The van der Waals surface area contributed by atoms with Crippen molar-refractivity contribution < 1.29 is 9.13 Å². The lowest BCUT2D eigenvalue weighted by Crippen LogP contribution is -2.38. The van der Waals surface area contributed by atoms with Gasteiger partial charge >= 0.3 is 0 Å². The molecule has 0 bridgehead atoms. The molecule has 0 aliphatic rings. The second-order valence-electron chi connectivity index (χ2n) is 13.0. The van der Waals surface area contributed by atoms with Gasteiger partial charge in [0.1, 0.15) is 0 Å². The summed E-state index contributed by atoms with van der Waals surface area (Å²) in [5.41, 5.74) is 2.44. The number of pyridine rings is 2. The van der Waals surface area contributed by atoms with Gasteiger partial charge in [-0.3, -0.25) is 0 Å². The molecule has 2 atom stereocenters. The average Bonchev–Trinajstić information content (AvgIpc) is 3.03. The Hall–Kier alpha value is -1.14. The number of alkyl halides is 2. The summed E-state index contributed by atoms with van der Waals surface area (Å²) in [6.07, 6.45) is 35.7. The van der Waals surface area contributed by atoms with E-state index in [0.29, 0.717) is 15.8 Å². The molecule has 0 radical (unpaired) electrons. The van der Waals surface area contributed by atoms with Crippen LogP contribution in [-0.2, 0) is 0 Å². The molecule has 0 aliphatic heterocycles. The SMILES string of the molecule is CCCCCCCCCCCNc1cc[n+](C(Br)CC(C)CC(Br)[n+]2ccc(NCCCCCCCCCCC)cc2)cc1. The molecule has 2 rings (SSSR count). The highest BCUT2D eigenvalue weighted by molar-refractivity contribution is 9.09. The zero-order valence-electron chi connectivity index (χ0n) is 28.6. The molecule has 0 spiro atoms. The van der Waals surface area contributed by atoms with Crippen molar-refractivity contribution >= 4 is 43.2 Å². The van der Waals surface area contributed by atoms with Crippen molar-refractivity contribution in [3.8, 4) is 0 Å². The maximum Gasteiger partial charge on any atom is 0.212 e. The largest absolute Gasteiger partial charge is 0.385 e. The Labute approximate surface area is 288 Å². The van der Waals surface area contributed by atoms with E-state index in [9.17, 15) is 0 Å². The fourth-order valence-corrected chi connectivity index (χ4v) is 7.65. The predicted octanol–water partition coefficient (Wildman–Crippen LogP) is 12.1. The molecule has 0 aliphatic carbocycles. The van der Waals surface area contributed by atoms with E-state index in [1.807, 2.05) is 0 Å². The van der Waals surface area contributed by atoms with E-state index in [1.165, 1.54) is 127 Å². The third kappa shape index (κ3) is 18.7. The molecule has 0 saturated heterocycles. The quantitative estimate of drug-likeness (QED) is 0.0518. The lowest BCUT2D eigenvalue weighted by Gasteiger charge is -2.15. The van der Waals surface area contributed by atoms with Crippen molar-refractivity contribution in [2.24, 2.45) is 5.92 Å². The Bertz CT molecular complexity index is 846. The van der Waals surface area contributed by atoms with Crippen molar-refractivity contribution in [1.82, 2.24) is 0 Å². The maximum absolute atomic E-state index is 3.94. The van der Waals surface area contributed by atoms with Crippen LogP contribution in [-0.4, -0.2) is 13.1 Å². The second kappa shape index (κ2) is 26.0. The Morgan fingerprint density at radius 1 is 0.500 bits per heavy atom. The third-order valence-electron chi connectivity index (χ3n) is 8.76. The standard InChI is InChI=1S/C38H64Br2N4/c1-4-6-8-10-12-14-16-18-20-26-41-35-22-28-43(29-23-35)37(39)32-34(3)33-38(40)44-30-24-36(25-31-44)42-27-21-19-17-15-13-11-9-7-5-2/h22-25,28-31,34,37-38H,4-21,26-27,32-33H2,1-3H3/p+2. The number of unbranched alkanes of at least 4 members (excludes halogenated alkanes) is 16. The van der Waals surface area contributed by atoms with E-state index in [1.54, 1.807) is 0 Å². The van der Waals surface area contributed by atoms with E-state index in [-0.39, 0.29) is 0 Å². The summed E-state index contributed by atoms with van der Waals surface area (Å²) < 4.78 is 4.56. The Morgan fingerprint density at radius 3 is 1.11 bits per heavy atom. The normalized spacial score (nSPS) is 13.5. The van der Waals surface area contributed by atoms with Crippen LogP contribution in [0.1, 0.15) is 159 Å². The molecule has 0 fully saturated rings. The molecule has 0 saturated carbocycles. The van der Waals surface area contributed by atoms with Gasteiger partial charge in [-0.15, -0.1) is 0 Å². The van der Waals surface area contributed by atoms with Crippen LogP contribution >= 0.6 is 31.9 Å². The lowest BCUT2D eigenvalue weighted by molar-refractivity contribution is -0.703. The molecule has 0 amide bonds. The van der Waals surface area contributed by atoms with Crippen molar-refractivity contribution in [2.45, 2.75) is 159 Å². The van der Waals surface area contributed by atoms with Crippen LogP contribution in [0.3, 0.4) is 0 Å². The van der Waals surface area contributed by atoms with E-state index >= 15 is 0 Å². The maximum atomic E-state index is 3.94. The van der Waals surface area contributed by atoms with Gasteiger partial charge in [-0.05, 0) is 50.6 Å². The highest BCUT2D eigenvalue weighted by Crippen LogP contribution is 2.27. The first-order valence-electron chi connectivity index (χ1n) is 18.3. The Balaban J connectivity index is 1.57. The smallest absolute Gasteiger partial charge is 0.212 e. The summed E-state index contributed by atoms with van der Waals surface area (Å²) in [4.78, 5) is 0.586. The number of anilines is 2. The highest BCUT2D eigenvalue weighted by Gasteiger charge is 2.23. The topological polar surface area (TPSA) is 31.8 Å². The molecule has 4 nitrogen and oxygen atoms in total. The fraction of sp³-hybridized carbons (Fsp3) is 0.737. The van der Waals surface area contributed by atoms with Crippen molar-refractivity contribution in [3.05, 3.63) is 49.1 Å². The van der Waals surface area contributed by atoms with E-state index in [2.05, 4.69) is 121 Å². The predicted molar refractivity (Wildman–Crippen MR) is 199 cm³/mol. The zero-order chi connectivity index (χ0) is 31.7. The van der Waals surface area contributed by atoms with Gasteiger partial charge in [-0.25, -0.2) is 0 Å². The lowest BCUT2D eigenvalue weighted by atomic mass is 10.0. The summed E-state index contributed by atoms with van der Waals surface area (Å²) in [7, 11) is 0. The molecular formula is C38H66Br2N4+2. The minimum Gasteiger partial charge on any atom is -0.385 e. The molecule has 2 heterocycles. The van der Waals surface area contributed by atoms with Crippen LogP contribution in [0, 0.1) is 5.92 Å². The highest BCUT2D eigenvalue weighted by atomic mass is 79.9.